The van der Waals surface area contributed by atoms with Gasteiger partial charge in [-0.05, 0) is 46.5 Å². The SMILES string of the molecule is O=S(=O)(c1ccc2ccccc2c1)N1CCN(c2nc(-c3cccs3)nc3ccccc23)CC1. The number of anilines is 1. The van der Waals surface area contributed by atoms with Gasteiger partial charge >= 0.3 is 0 Å². The van der Waals surface area contributed by atoms with Crippen molar-refractivity contribution in [1.29, 1.82) is 0 Å². The lowest BCUT2D eigenvalue weighted by molar-refractivity contribution is 0.384. The summed E-state index contributed by atoms with van der Waals surface area (Å²) in [5.41, 5.74) is 0.891. The van der Waals surface area contributed by atoms with Crippen molar-refractivity contribution in [2.75, 3.05) is 31.1 Å². The van der Waals surface area contributed by atoms with Crippen molar-refractivity contribution in [3.63, 3.8) is 0 Å². The average molecular weight is 487 g/mol. The number of aromatic nitrogens is 2. The molecule has 3 aromatic carbocycles. The van der Waals surface area contributed by atoms with Crippen molar-refractivity contribution in [3.8, 4) is 10.7 Å². The van der Waals surface area contributed by atoms with Crippen LogP contribution in [0.15, 0.2) is 89.1 Å². The van der Waals surface area contributed by atoms with Crippen LogP contribution in [0.3, 0.4) is 0 Å². The van der Waals surface area contributed by atoms with Crippen LogP contribution in [0, 0.1) is 0 Å². The van der Waals surface area contributed by atoms with Gasteiger partial charge in [-0.3, -0.25) is 0 Å². The van der Waals surface area contributed by atoms with E-state index in [1.54, 1.807) is 27.8 Å². The normalized spacial score (nSPS) is 15.2. The van der Waals surface area contributed by atoms with Crippen LogP contribution >= 0.6 is 11.3 Å². The highest BCUT2D eigenvalue weighted by molar-refractivity contribution is 7.89. The molecule has 1 fully saturated rings. The second-order valence-corrected chi connectivity index (χ2v) is 11.2. The molecule has 6 nitrogen and oxygen atoms in total. The molecule has 0 spiro atoms. The third-order valence-corrected chi connectivity index (χ3v) is 8.98. The van der Waals surface area contributed by atoms with Crippen molar-refractivity contribution in [3.05, 3.63) is 84.2 Å². The maximum atomic E-state index is 13.4. The Morgan fingerprint density at radius 1 is 0.765 bits per heavy atom. The standard InChI is InChI=1S/C26H22N4O2S2/c31-34(32,21-12-11-19-6-1-2-7-20(19)18-21)30-15-13-29(14-16-30)26-22-8-3-4-9-23(22)27-25(28-26)24-10-5-17-33-24/h1-12,17-18H,13-16H2. The quantitative estimate of drug-likeness (QED) is 0.357. The number of piperazine rings is 1. The number of fused-ring (bicyclic) bond motifs is 2. The molecule has 0 unspecified atom stereocenters. The number of hydrogen-bond acceptors (Lipinski definition) is 6. The molecule has 6 rings (SSSR count). The van der Waals surface area contributed by atoms with E-state index in [2.05, 4.69) is 4.90 Å². The molecule has 0 bridgehead atoms. The summed E-state index contributed by atoms with van der Waals surface area (Å²) in [4.78, 5) is 13.2. The van der Waals surface area contributed by atoms with E-state index < -0.39 is 10.0 Å². The van der Waals surface area contributed by atoms with E-state index in [0.29, 0.717) is 36.9 Å². The Morgan fingerprint density at radius 2 is 1.53 bits per heavy atom. The van der Waals surface area contributed by atoms with Crippen LogP contribution in [-0.4, -0.2) is 48.9 Å². The number of hydrogen-bond donors (Lipinski definition) is 0. The fourth-order valence-electron chi connectivity index (χ4n) is 4.43. The molecule has 0 aliphatic carbocycles. The third kappa shape index (κ3) is 3.73. The zero-order chi connectivity index (χ0) is 23.1. The van der Waals surface area contributed by atoms with Crippen molar-refractivity contribution in [1.82, 2.24) is 14.3 Å². The van der Waals surface area contributed by atoms with Gasteiger partial charge in [0.2, 0.25) is 10.0 Å². The number of rotatable bonds is 4. The number of nitrogens with zero attached hydrogens (tertiary/aromatic N) is 4. The van der Waals surface area contributed by atoms with Gasteiger partial charge in [-0.15, -0.1) is 11.3 Å². The van der Waals surface area contributed by atoms with Gasteiger partial charge in [0.05, 0.1) is 15.3 Å². The molecule has 0 amide bonds. The van der Waals surface area contributed by atoms with Crippen LogP contribution in [0.1, 0.15) is 0 Å². The number of thiophene rings is 1. The highest BCUT2D eigenvalue weighted by Gasteiger charge is 2.30. The summed E-state index contributed by atoms with van der Waals surface area (Å²) in [6, 6.07) is 25.2. The molecule has 8 heteroatoms. The molecule has 5 aromatic rings. The van der Waals surface area contributed by atoms with Gasteiger partial charge in [-0.25, -0.2) is 18.4 Å². The van der Waals surface area contributed by atoms with Gasteiger partial charge in [-0.2, -0.15) is 4.31 Å². The molecule has 34 heavy (non-hydrogen) atoms. The second kappa shape index (κ2) is 8.47. The Kier molecular flexibility index (Phi) is 5.28. The lowest BCUT2D eigenvalue weighted by Gasteiger charge is -2.35. The van der Waals surface area contributed by atoms with Crippen molar-refractivity contribution in [2.45, 2.75) is 4.90 Å². The molecular weight excluding hydrogens is 464 g/mol. The van der Waals surface area contributed by atoms with Crippen LogP contribution in [0.5, 0.6) is 0 Å². The first-order valence-corrected chi connectivity index (χ1v) is 13.5. The van der Waals surface area contributed by atoms with Crippen molar-refractivity contribution >= 4 is 48.9 Å². The van der Waals surface area contributed by atoms with Gasteiger partial charge in [0, 0.05) is 31.6 Å². The molecule has 1 saturated heterocycles. The molecule has 0 saturated carbocycles. The number of sulfonamides is 1. The smallest absolute Gasteiger partial charge is 0.243 e. The predicted molar refractivity (Wildman–Crippen MR) is 138 cm³/mol. The molecule has 1 aliphatic heterocycles. The molecule has 1 aliphatic rings. The first kappa shape index (κ1) is 21.2. The van der Waals surface area contributed by atoms with Crippen molar-refractivity contribution < 1.29 is 8.42 Å². The van der Waals surface area contributed by atoms with E-state index in [-0.39, 0.29) is 0 Å². The Bertz CT molecular complexity index is 1590. The molecule has 0 radical (unpaired) electrons. The molecule has 2 aromatic heterocycles. The monoisotopic (exact) mass is 486 g/mol. The first-order chi connectivity index (χ1) is 16.6. The van der Waals surface area contributed by atoms with E-state index in [1.165, 1.54) is 0 Å². The topological polar surface area (TPSA) is 66.4 Å². The largest absolute Gasteiger partial charge is 0.353 e. The summed E-state index contributed by atoms with van der Waals surface area (Å²) in [6.45, 7) is 1.94. The van der Waals surface area contributed by atoms with E-state index >= 15 is 0 Å². The van der Waals surface area contributed by atoms with E-state index in [9.17, 15) is 8.42 Å². The average Bonchev–Trinajstić information content (AvgIpc) is 3.43. The lowest BCUT2D eigenvalue weighted by Crippen LogP contribution is -2.49. The molecular formula is C26H22N4O2S2. The highest BCUT2D eigenvalue weighted by Crippen LogP contribution is 2.31. The minimum Gasteiger partial charge on any atom is -0.353 e. The summed E-state index contributed by atoms with van der Waals surface area (Å²) >= 11 is 1.61. The minimum absolute atomic E-state index is 0.340. The van der Waals surface area contributed by atoms with Crippen LogP contribution in [0.25, 0.3) is 32.4 Å². The van der Waals surface area contributed by atoms with Crippen LogP contribution in [0.4, 0.5) is 5.82 Å². The lowest BCUT2D eigenvalue weighted by atomic mass is 10.1. The van der Waals surface area contributed by atoms with Crippen LogP contribution < -0.4 is 4.90 Å². The summed E-state index contributed by atoms with van der Waals surface area (Å²) in [6.07, 6.45) is 0. The van der Waals surface area contributed by atoms with Gasteiger partial charge in [0.15, 0.2) is 5.82 Å². The zero-order valence-corrected chi connectivity index (χ0v) is 20.0. The summed E-state index contributed by atoms with van der Waals surface area (Å²) in [7, 11) is -3.57. The van der Waals surface area contributed by atoms with E-state index in [1.807, 2.05) is 72.1 Å². The van der Waals surface area contributed by atoms with Gasteiger partial charge in [0.25, 0.3) is 0 Å². The molecule has 0 atom stereocenters. The Balaban J connectivity index is 1.29. The first-order valence-electron chi connectivity index (χ1n) is 11.1. The Morgan fingerprint density at radius 3 is 2.32 bits per heavy atom. The predicted octanol–water partition coefficient (Wildman–Crippen LogP) is 5.02. The maximum Gasteiger partial charge on any atom is 0.243 e. The van der Waals surface area contributed by atoms with Crippen molar-refractivity contribution in [2.24, 2.45) is 0 Å². The molecule has 3 heterocycles. The summed E-state index contributed by atoms with van der Waals surface area (Å²) in [5.74, 6) is 1.56. The zero-order valence-electron chi connectivity index (χ0n) is 18.3. The summed E-state index contributed by atoms with van der Waals surface area (Å²) in [5, 5.41) is 4.96. The maximum absolute atomic E-state index is 13.4. The highest BCUT2D eigenvalue weighted by atomic mass is 32.2. The number of para-hydroxylation sites is 1. The van der Waals surface area contributed by atoms with Crippen LogP contribution in [0.2, 0.25) is 0 Å². The minimum atomic E-state index is -3.57. The molecule has 170 valence electrons. The molecule has 0 N–H and O–H groups in total. The Hall–Kier alpha value is -3.33. The van der Waals surface area contributed by atoms with Crippen LogP contribution in [-0.2, 0) is 10.0 Å². The summed E-state index contributed by atoms with van der Waals surface area (Å²) < 4.78 is 28.3. The second-order valence-electron chi connectivity index (χ2n) is 8.27. The van der Waals surface area contributed by atoms with Gasteiger partial charge in [0.1, 0.15) is 5.82 Å². The van der Waals surface area contributed by atoms with Gasteiger partial charge in [-0.1, -0.05) is 48.5 Å². The van der Waals surface area contributed by atoms with E-state index in [0.717, 1.165) is 32.4 Å². The third-order valence-electron chi connectivity index (χ3n) is 6.22. The Labute approximate surface area is 202 Å². The van der Waals surface area contributed by atoms with E-state index in [4.69, 9.17) is 9.97 Å². The number of benzene rings is 3. The fraction of sp³-hybridized carbons (Fsp3) is 0.154. The fourth-order valence-corrected chi connectivity index (χ4v) is 6.55. The van der Waals surface area contributed by atoms with Gasteiger partial charge < -0.3 is 4.90 Å².